The van der Waals surface area contributed by atoms with Crippen LogP contribution in [0.4, 0.5) is 4.79 Å². The van der Waals surface area contributed by atoms with Crippen LogP contribution in [0.3, 0.4) is 0 Å². The van der Waals surface area contributed by atoms with E-state index in [2.05, 4.69) is 16.2 Å². The zero-order valence-corrected chi connectivity index (χ0v) is 13.8. The third-order valence-electron chi connectivity index (χ3n) is 2.33. The van der Waals surface area contributed by atoms with Crippen molar-refractivity contribution in [3.63, 3.8) is 0 Å². The lowest BCUT2D eigenvalue weighted by atomic mass is 10.3. The minimum atomic E-state index is -0.868. The van der Waals surface area contributed by atoms with Crippen LogP contribution in [-0.4, -0.2) is 29.6 Å². The molecule has 22 heavy (non-hydrogen) atoms. The zero-order chi connectivity index (χ0) is 16.7. The third-order valence-corrected chi connectivity index (χ3v) is 4.06. The summed E-state index contributed by atoms with van der Waals surface area (Å²) in [5, 5.41) is 3.16. The molecule has 0 aliphatic rings. The molecule has 1 rings (SSSR count). The standard InChI is InChI=1S/C12H14Cl2N4O3S/c1-6(16-12(15)21)11(20)18-17-10(19)5-22-9-4-7(13)2-3-8(9)14/h2-4,6H,5H2,1H3,(H,17,19)(H,18,20)(H3,15,16,21). The first-order valence-electron chi connectivity index (χ1n) is 6.02. The summed E-state index contributed by atoms with van der Waals surface area (Å²) in [7, 11) is 0. The molecule has 4 amide bonds. The van der Waals surface area contributed by atoms with E-state index >= 15 is 0 Å². The minimum absolute atomic E-state index is 0.0258. The molecule has 1 aromatic rings. The van der Waals surface area contributed by atoms with Gasteiger partial charge in [-0.25, -0.2) is 4.79 Å². The number of hydrogen-bond donors (Lipinski definition) is 4. The van der Waals surface area contributed by atoms with Crippen molar-refractivity contribution < 1.29 is 14.4 Å². The van der Waals surface area contributed by atoms with Gasteiger partial charge in [0.15, 0.2) is 0 Å². The van der Waals surface area contributed by atoms with Gasteiger partial charge in [-0.3, -0.25) is 20.4 Å². The normalized spacial score (nSPS) is 11.4. The molecule has 0 heterocycles. The van der Waals surface area contributed by atoms with E-state index in [4.69, 9.17) is 28.9 Å². The van der Waals surface area contributed by atoms with Crippen LogP contribution >= 0.6 is 35.0 Å². The summed E-state index contributed by atoms with van der Waals surface area (Å²) in [6.45, 7) is 1.42. The van der Waals surface area contributed by atoms with Gasteiger partial charge in [-0.15, -0.1) is 11.8 Å². The fourth-order valence-corrected chi connectivity index (χ4v) is 2.58. The molecule has 5 N–H and O–H groups in total. The van der Waals surface area contributed by atoms with Crippen molar-refractivity contribution in [2.75, 3.05) is 5.75 Å². The minimum Gasteiger partial charge on any atom is -0.352 e. The van der Waals surface area contributed by atoms with Crippen LogP contribution < -0.4 is 21.9 Å². The first-order valence-corrected chi connectivity index (χ1v) is 7.76. The fraction of sp³-hybridized carbons (Fsp3) is 0.250. The number of rotatable bonds is 5. The van der Waals surface area contributed by atoms with Crippen LogP contribution in [0.5, 0.6) is 0 Å². The number of nitrogens with two attached hydrogens (primary N) is 1. The highest BCUT2D eigenvalue weighted by atomic mass is 35.5. The van der Waals surface area contributed by atoms with Gasteiger partial charge < -0.3 is 11.1 Å². The Hall–Kier alpha value is -1.64. The quantitative estimate of drug-likeness (QED) is 0.465. The molecule has 1 unspecified atom stereocenters. The maximum atomic E-state index is 11.6. The Balaban J connectivity index is 2.39. The molecule has 0 aliphatic carbocycles. The molecular formula is C12H14Cl2N4O3S. The summed E-state index contributed by atoms with van der Waals surface area (Å²) < 4.78 is 0. The molecule has 0 aliphatic heterocycles. The number of hydrazine groups is 1. The Morgan fingerprint density at radius 3 is 2.59 bits per heavy atom. The lowest BCUT2D eigenvalue weighted by molar-refractivity contribution is -0.128. The van der Waals surface area contributed by atoms with E-state index in [1.807, 2.05) is 0 Å². The largest absolute Gasteiger partial charge is 0.352 e. The molecule has 7 nitrogen and oxygen atoms in total. The molecule has 0 saturated heterocycles. The number of benzene rings is 1. The number of carbonyl (C=O) groups is 3. The predicted molar refractivity (Wildman–Crippen MR) is 85.7 cm³/mol. The van der Waals surface area contributed by atoms with E-state index in [0.717, 1.165) is 0 Å². The van der Waals surface area contributed by atoms with Gasteiger partial charge in [0, 0.05) is 9.92 Å². The van der Waals surface area contributed by atoms with Gasteiger partial charge in [0.05, 0.1) is 10.8 Å². The second kappa shape index (κ2) is 8.72. The number of thioether (sulfide) groups is 1. The zero-order valence-electron chi connectivity index (χ0n) is 11.5. The molecule has 0 saturated carbocycles. The van der Waals surface area contributed by atoms with Crippen molar-refractivity contribution in [3.05, 3.63) is 28.2 Å². The summed E-state index contributed by atoms with van der Waals surface area (Å²) in [5.41, 5.74) is 9.26. The average Bonchev–Trinajstić information content (AvgIpc) is 2.44. The molecule has 0 aromatic heterocycles. The number of hydrogen-bond acceptors (Lipinski definition) is 4. The van der Waals surface area contributed by atoms with Crippen LogP contribution in [0.2, 0.25) is 10.0 Å². The van der Waals surface area contributed by atoms with Crippen molar-refractivity contribution in [2.24, 2.45) is 5.73 Å². The SMILES string of the molecule is CC(NC(N)=O)C(=O)NNC(=O)CSc1cc(Cl)ccc1Cl. The lowest BCUT2D eigenvalue weighted by Gasteiger charge is -2.13. The van der Waals surface area contributed by atoms with Crippen molar-refractivity contribution in [3.8, 4) is 0 Å². The Labute approximate surface area is 141 Å². The van der Waals surface area contributed by atoms with Gasteiger partial charge in [0.1, 0.15) is 6.04 Å². The highest BCUT2D eigenvalue weighted by Gasteiger charge is 2.14. The third kappa shape index (κ3) is 6.42. The number of halogens is 2. The number of nitrogens with one attached hydrogen (secondary N) is 3. The summed E-state index contributed by atoms with van der Waals surface area (Å²) in [6.07, 6.45) is 0. The molecule has 0 bridgehead atoms. The monoisotopic (exact) mass is 364 g/mol. The Morgan fingerprint density at radius 1 is 1.27 bits per heavy atom. The summed E-state index contributed by atoms with van der Waals surface area (Å²) in [6, 6.07) is 3.21. The van der Waals surface area contributed by atoms with Gasteiger partial charge in [-0.05, 0) is 25.1 Å². The second-order valence-corrected chi connectivity index (χ2v) is 5.99. The smallest absolute Gasteiger partial charge is 0.312 e. The topological polar surface area (TPSA) is 113 Å². The van der Waals surface area contributed by atoms with E-state index < -0.39 is 23.9 Å². The fourth-order valence-electron chi connectivity index (χ4n) is 1.29. The van der Waals surface area contributed by atoms with Gasteiger partial charge >= 0.3 is 6.03 Å². The highest BCUT2D eigenvalue weighted by Crippen LogP contribution is 2.29. The number of amides is 4. The van der Waals surface area contributed by atoms with Gasteiger partial charge in [-0.1, -0.05) is 23.2 Å². The maximum absolute atomic E-state index is 11.6. The van der Waals surface area contributed by atoms with Gasteiger partial charge in [0.25, 0.3) is 5.91 Å². The molecule has 1 aromatic carbocycles. The van der Waals surface area contributed by atoms with E-state index in [0.29, 0.717) is 14.9 Å². The lowest BCUT2D eigenvalue weighted by Crippen LogP contribution is -2.52. The first-order chi connectivity index (χ1) is 10.3. The Bertz CT molecular complexity index is 585. The van der Waals surface area contributed by atoms with Crippen LogP contribution in [0.1, 0.15) is 6.92 Å². The number of primary amides is 1. The van der Waals surface area contributed by atoms with Crippen LogP contribution in [0, 0.1) is 0 Å². The first kappa shape index (κ1) is 18.4. The van der Waals surface area contributed by atoms with Gasteiger partial charge in [0.2, 0.25) is 5.91 Å². The maximum Gasteiger partial charge on any atom is 0.312 e. The van der Waals surface area contributed by atoms with E-state index in [1.54, 1.807) is 18.2 Å². The van der Waals surface area contributed by atoms with Crippen molar-refractivity contribution >= 4 is 52.8 Å². The summed E-state index contributed by atoms with van der Waals surface area (Å²) in [4.78, 5) is 34.4. The van der Waals surface area contributed by atoms with Crippen molar-refractivity contribution in [1.29, 1.82) is 0 Å². The molecular weight excluding hydrogens is 351 g/mol. The summed E-state index contributed by atoms with van der Waals surface area (Å²) >= 11 is 13.0. The van der Waals surface area contributed by atoms with E-state index in [1.165, 1.54) is 18.7 Å². The summed E-state index contributed by atoms with van der Waals surface area (Å²) in [5.74, 6) is -1.02. The van der Waals surface area contributed by atoms with Crippen LogP contribution in [0.15, 0.2) is 23.1 Å². The average molecular weight is 365 g/mol. The Morgan fingerprint density at radius 2 is 1.95 bits per heavy atom. The van der Waals surface area contributed by atoms with E-state index in [-0.39, 0.29) is 5.75 Å². The van der Waals surface area contributed by atoms with Crippen LogP contribution in [0.25, 0.3) is 0 Å². The molecule has 0 radical (unpaired) electrons. The molecule has 10 heteroatoms. The molecule has 1 atom stereocenters. The van der Waals surface area contributed by atoms with E-state index in [9.17, 15) is 14.4 Å². The predicted octanol–water partition coefficient (Wildman–Crippen LogP) is 1.29. The Kier molecular flexibility index (Phi) is 7.30. The van der Waals surface area contributed by atoms with Crippen molar-refractivity contribution in [1.82, 2.24) is 16.2 Å². The van der Waals surface area contributed by atoms with Crippen LogP contribution in [-0.2, 0) is 9.59 Å². The van der Waals surface area contributed by atoms with Gasteiger partial charge in [-0.2, -0.15) is 0 Å². The molecule has 0 spiro atoms. The number of carbonyl (C=O) groups excluding carboxylic acids is 3. The number of urea groups is 1. The molecule has 0 fully saturated rings. The second-order valence-electron chi connectivity index (χ2n) is 4.13. The van der Waals surface area contributed by atoms with Crippen molar-refractivity contribution in [2.45, 2.75) is 17.9 Å². The molecule has 120 valence electrons. The highest BCUT2D eigenvalue weighted by molar-refractivity contribution is 8.00.